The summed E-state index contributed by atoms with van der Waals surface area (Å²) in [4.78, 5) is 21.7. The summed E-state index contributed by atoms with van der Waals surface area (Å²) >= 11 is 0. The normalized spacial score (nSPS) is 16.9. The van der Waals surface area contributed by atoms with Gasteiger partial charge in [0.2, 0.25) is 0 Å². The monoisotopic (exact) mass is 340 g/mol. The standard InChI is InChI=1S/C13H16N4O5S/c1-2-5-10-8-9-14-16(10)13(18)15-23(21,22)12-7-4-3-6-11(12)17(19)20/h3-4,6-10,14H,2,5H2,1H3,(H,15,18). The lowest BCUT2D eigenvalue weighted by molar-refractivity contribution is -0.387. The van der Waals surface area contributed by atoms with Crippen LogP contribution < -0.4 is 10.1 Å². The van der Waals surface area contributed by atoms with Crippen molar-refractivity contribution in [1.82, 2.24) is 15.2 Å². The zero-order chi connectivity index (χ0) is 17.0. The highest BCUT2D eigenvalue weighted by atomic mass is 32.2. The molecule has 1 heterocycles. The summed E-state index contributed by atoms with van der Waals surface area (Å²) in [6, 6.07) is 3.67. The second-order valence-electron chi connectivity index (χ2n) is 4.85. The van der Waals surface area contributed by atoms with Crippen LogP contribution in [-0.4, -0.2) is 30.4 Å². The first-order chi connectivity index (χ1) is 10.9. The van der Waals surface area contributed by atoms with Gasteiger partial charge in [0, 0.05) is 12.3 Å². The molecule has 124 valence electrons. The van der Waals surface area contributed by atoms with Crippen LogP contribution in [0.25, 0.3) is 0 Å². The highest BCUT2D eigenvalue weighted by Crippen LogP contribution is 2.23. The molecule has 0 bridgehead atoms. The molecule has 0 aliphatic carbocycles. The van der Waals surface area contributed by atoms with E-state index in [1.54, 1.807) is 6.08 Å². The SMILES string of the molecule is CCCC1C=CNN1C(=O)NS(=O)(=O)c1ccccc1[N+](=O)[O-]. The van der Waals surface area contributed by atoms with Crippen molar-refractivity contribution in [2.75, 3.05) is 0 Å². The van der Waals surface area contributed by atoms with Crippen LogP contribution in [0, 0.1) is 10.1 Å². The Labute approximate surface area is 133 Å². The molecule has 2 N–H and O–H groups in total. The highest BCUT2D eigenvalue weighted by Gasteiger charge is 2.31. The van der Waals surface area contributed by atoms with Crippen molar-refractivity contribution < 1.29 is 18.1 Å². The fourth-order valence-electron chi connectivity index (χ4n) is 2.20. The maximum absolute atomic E-state index is 12.3. The van der Waals surface area contributed by atoms with Crippen LogP contribution in [-0.2, 0) is 10.0 Å². The summed E-state index contributed by atoms with van der Waals surface area (Å²) in [6.07, 6.45) is 4.73. The van der Waals surface area contributed by atoms with E-state index in [4.69, 9.17) is 0 Å². The lowest BCUT2D eigenvalue weighted by Gasteiger charge is -2.24. The molecule has 23 heavy (non-hydrogen) atoms. The smallest absolute Gasteiger partial charge is 0.302 e. The van der Waals surface area contributed by atoms with E-state index in [0.717, 1.165) is 23.6 Å². The van der Waals surface area contributed by atoms with E-state index in [1.807, 2.05) is 11.6 Å². The molecule has 1 aromatic rings. The number of nitro benzene ring substituents is 1. The van der Waals surface area contributed by atoms with Crippen LogP contribution in [0.5, 0.6) is 0 Å². The van der Waals surface area contributed by atoms with Gasteiger partial charge in [0.05, 0.1) is 11.0 Å². The van der Waals surface area contributed by atoms with Crippen LogP contribution in [0.1, 0.15) is 19.8 Å². The molecule has 1 aromatic carbocycles. The topological polar surface area (TPSA) is 122 Å². The van der Waals surface area contributed by atoms with Gasteiger partial charge in [-0.1, -0.05) is 25.5 Å². The first kappa shape index (κ1) is 16.7. The van der Waals surface area contributed by atoms with Crippen LogP contribution >= 0.6 is 0 Å². The number of hydrogen-bond acceptors (Lipinski definition) is 6. The van der Waals surface area contributed by atoms with Gasteiger partial charge in [-0.15, -0.1) is 0 Å². The number of nitrogens with one attached hydrogen (secondary N) is 2. The molecule has 1 aliphatic heterocycles. The van der Waals surface area contributed by atoms with E-state index in [0.29, 0.717) is 6.42 Å². The molecule has 0 fully saturated rings. The average Bonchev–Trinajstić information content (AvgIpc) is 2.95. The van der Waals surface area contributed by atoms with Crippen LogP contribution in [0.3, 0.4) is 0 Å². The predicted molar refractivity (Wildman–Crippen MR) is 81.6 cm³/mol. The Balaban J connectivity index is 2.22. The minimum atomic E-state index is -4.36. The van der Waals surface area contributed by atoms with Crippen molar-refractivity contribution in [3.05, 3.63) is 46.7 Å². The molecule has 0 aromatic heterocycles. The molecular formula is C13H16N4O5S. The second kappa shape index (κ2) is 6.65. The first-order valence-corrected chi connectivity index (χ1v) is 8.37. The van der Waals surface area contributed by atoms with E-state index in [-0.39, 0.29) is 6.04 Å². The number of amides is 2. The lowest BCUT2D eigenvalue weighted by Crippen LogP contribution is -2.49. The zero-order valence-corrected chi connectivity index (χ0v) is 13.1. The van der Waals surface area contributed by atoms with E-state index >= 15 is 0 Å². The molecule has 1 aliphatic rings. The third kappa shape index (κ3) is 3.59. The number of hydrogen-bond donors (Lipinski definition) is 2. The second-order valence-corrected chi connectivity index (χ2v) is 6.50. The minimum Gasteiger partial charge on any atom is -0.302 e. The Morgan fingerprint density at radius 3 is 2.78 bits per heavy atom. The fraction of sp³-hybridized carbons (Fsp3) is 0.308. The number of nitrogens with zero attached hydrogens (tertiary/aromatic N) is 2. The molecule has 9 nitrogen and oxygen atoms in total. The van der Waals surface area contributed by atoms with Crippen molar-refractivity contribution in [3.63, 3.8) is 0 Å². The zero-order valence-electron chi connectivity index (χ0n) is 12.3. The summed E-state index contributed by atoms with van der Waals surface area (Å²) in [5, 5.41) is 12.1. The maximum Gasteiger partial charge on any atom is 0.350 e. The summed E-state index contributed by atoms with van der Waals surface area (Å²) in [5.74, 6) is 0. The summed E-state index contributed by atoms with van der Waals surface area (Å²) < 4.78 is 26.4. The number of nitro groups is 1. The van der Waals surface area contributed by atoms with Crippen molar-refractivity contribution in [2.24, 2.45) is 0 Å². The van der Waals surface area contributed by atoms with E-state index in [1.165, 1.54) is 18.3 Å². The van der Waals surface area contributed by atoms with E-state index in [9.17, 15) is 23.3 Å². The van der Waals surface area contributed by atoms with Gasteiger partial charge in [-0.05, 0) is 18.6 Å². The van der Waals surface area contributed by atoms with Crippen molar-refractivity contribution in [1.29, 1.82) is 0 Å². The minimum absolute atomic E-state index is 0.277. The molecule has 2 rings (SSSR count). The third-order valence-corrected chi connectivity index (χ3v) is 4.61. The van der Waals surface area contributed by atoms with E-state index in [2.05, 4.69) is 5.43 Å². The molecule has 0 saturated heterocycles. The van der Waals surface area contributed by atoms with Gasteiger partial charge in [0.15, 0.2) is 4.90 Å². The molecule has 0 spiro atoms. The number of carbonyl (C=O) groups excluding carboxylic acids is 1. The molecule has 1 unspecified atom stereocenters. The van der Waals surface area contributed by atoms with Crippen molar-refractivity contribution in [3.8, 4) is 0 Å². The summed E-state index contributed by atoms with van der Waals surface area (Å²) in [7, 11) is -4.36. The largest absolute Gasteiger partial charge is 0.350 e. The molecule has 1 atom stereocenters. The van der Waals surface area contributed by atoms with Crippen LogP contribution in [0.2, 0.25) is 0 Å². The number of sulfonamides is 1. The van der Waals surface area contributed by atoms with Gasteiger partial charge < -0.3 is 5.43 Å². The van der Waals surface area contributed by atoms with Gasteiger partial charge in [-0.25, -0.2) is 22.9 Å². The molecule has 0 saturated carbocycles. The number of para-hydroxylation sites is 1. The van der Waals surface area contributed by atoms with Crippen molar-refractivity contribution in [2.45, 2.75) is 30.7 Å². The van der Waals surface area contributed by atoms with Crippen molar-refractivity contribution >= 4 is 21.7 Å². The Morgan fingerprint density at radius 1 is 1.43 bits per heavy atom. The Kier molecular flexibility index (Phi) is 4.84. The number of benzene rings is 1. The van der Waals surface area contributed by atoms with Gasteiger partial charge in [-0.2, -0.15) is 0 Å². The summed E-state index contributed by atoms with van der Waals surface area (Å²) in [5.41, 5.74) is 2.05. The average molecular weight is 340 g/mol. The van der Waals surface area contributed by atoms with Crippen LogP contribution in [0.15, 0.2) is 41.4 Å². The number of hydrazine groups is 1. The molecule has 2 amide bonds. The Morgan fingerprint density at radius 2 is 2.13 bits per heavy atom. The van der Waals surface area contributed by atoms with Gasteiger partial charge in [-0.3, -0.25) is 10.1 Å². The quantitative estimate of drug-likeness (QED) is 0.619. The molecular weight excluding hydrogens is 324 g/mol. The fourth-order valence-corrected chi connectivity index (χ4v) is 3.31. The summed E-state index contributed by atoms with van der Waals surface area (Å²) in [6.45, 7) is 1.94. The van der Waals surface area contributed by atoms with E-state index < -0.39 is 31.6 Å². The first-order valence-electron chi connectivity index (χ1n) is 6.89. The third-order valence-electron chi connectivity index (χ3n) is 3.24. The van der Waals surface area contributed by atoms with Gasteiger partial charge >= 0.3 is 6.03 Å². The Hall–Kier alpha value is -2.62. The Bertz CT molecular complexity index is 746. The number of carbonyl (C=O) groups is 1. The lowest BCUT2D eigenvalue weighted by atomic mass is 10.2. The number of urea groups is 1. The van der Waals surface area contributed by atoms with Gasteiger partial charge in [0.25, 0.3) is 15.7 Å². The van der Waals surface area contributed by atoms with Crippen LogP contribution in [0.4, 0.5) is 10.5 Å². The molecule has 0 radical (unpaired) electrons. The highest BCUT2D eigenvalue weighted by molar-refractivity contribution is 7.90. The maximum atomic E-state index is 12.3. The van der Waals surface area contributed by atoms with Gasteiger partial charge in [0.1, 0.15) is 0 Å². The number of rotatable bonds is 5. The predicted octanol–water partition coefficient (Wildman–Crippen LogP) is 1.50. The molecule has 10 heteroatoms.